The Morgan fingerprint density at radius 1 is 0.246 bits per heavy atom. The van der Waals surface area contributed by atoms with E-state index in [-0.39, 0.29) is 33.6 Å². The number of halogens is 19. The van der Waals surface area contributed by atoms with E-state index in [9.17, 15) is 57.1 Å². The molecule has 0 bridgehead atoms. The van der Waals surface area contributed by atoms with Gasteiger partial charge in [0.1, 0.15) is 29.1 Å². The molecule has 0 saturated heterocycles. The molecule has 2 aliphatic rings. The molecule has 0 aliphatic heterocycles. The summed E-state index contributed by atoms with van der Waals surface area (Å²) in [6.07, 6.45) is 14.1. The van der Waals surface area contributed by atoms with E-state index in [1.807, 2.05) is 64.2 Å². The van der Waals surface area contributed by atoms with E-state index >= 15 is 26.3 Å². The van der Waals surface area contributed by atoms with Crippen LogP contribution in [0.5, 0.6) is 0 Å². The first-order valence-electron chi connectivity index (χ1n) is 14.6. The van der Waals surface area contributed by atoms with E-state index in [1.54, 1.807) is 0 Å². The Kier molecular flexibility index (Phi) is 17.0. The molecule has 298 valence electrons. The fourth-order valence-electron chi connectivity index (χ4n) is 5.59. The van der Waals surface area contributed by atoms with Gasteiger partial charge in [0.05, 0.1) is 11.7 Å². The van der Waals surface area contributed by atoms with Gasteiger partial charge in [0.2, 0.25) is 5.82 Å². The monoisotopic (exact) mass is 910 g/mol. The Hall–Kier alpha value is -3.50. The summed E-state index contributed by atoms with van der Waals surface area (Å²) in [4.78, 5) is 0. The number of rotatable bonds is 4. The van der Waals surface area contributed by atoms with Crippen molar-refractivity contribution in [1.29, 1.82) is 0 Å². The van der Waals surface area contributed by atoms with Crippen molar-refractivity contribution in [1.82, 2.24) is 0 Å². The molecule has 0 atom stereocenters. The van der Waals surface area contributed by atoms with E-state index < -0.39 is 151 Å². The molecule has 0 aromatic heterocycles. The first-order valence-corrected chi connectivity index (χ1v) is 14.6. The average Bonchev–Trinajstić information content (AvgIpc) is 3.95. The summed E-state index contributed by atoms with van der Waals surface area (Å²) in [6, 6.07) is 0. The average molecular weight is 912 g/mol. The van der Waals surface area contributed by atoms with Crippen LogP contribution in [0.4, 0.5) is 83.4 Å². The van der Waals surface area contributed by atoms with Gasteiger partial charge < -0.3 is 7.43 Å². The van der Waals surface area contributed by atoms with Gasteiger partial charge in [0.15, 0.2) is 75.6 Å². The fraction of sp³-hybridized carbons (Fsp3) is 0.0278. The second kappa shape index (κ2) is 19.5. The molecule has 2 saturated carbocycles. The van der Waals surface area contributed by atoms with E-state index in [2.05, 4.69) is 0 Å². The molecule has 4 aromatic rings. The van der Waals surface area contributed by atoms with Gasteiger partial charge in [-0.3, -0.25) is 0 Å². The SMILES string of the molecule is C[B-](c1c(F)c(F)c(F)c(F)c1F)(c1c(F)c(F)c(F)c(F)c1F)c1c(F)c(F)c(F)c(F)c1-c1c(F)c(F)c(F)c(F)c1F.[CH3-].[CH]1[CH][CH][CH][CH]1.[CH]1[CH][CH][CH][CH]1.[Zr+4]. The summed E-state index contributed by atoms with van der Waals surface area (Å²) in [7, 11) is 0. The summed E-state index contributed by atoms with van der Waals surface area (Å²) in [5.74, 6) is -61.2. The van der Waals surface area contributed by atoms with E-state index in [1.165, 1.54) is 0 Å². The van der Waals surface area contributed by atoms with Gasteiger partial charge in [-0.05, 0) is 69.8 Å². The third-order valence-corrected chi connectivity index (χ3v) is 8.09. The van der Waals surface area contributed by atoms with Crippen molar-refractivity contribution < 1.29 is 110 Å². The minimum absolute atomic E-state index is 0. The minimum atomic E-state index is -5.90. The number of hydrogen-bond acceptors (Lipinski definition) is 0. The first kappa shape index (κ1) is 49.6. The topological polar surface area (TPSA) is 0 Å². The van der Waals surface area contributed by atoms with E-state index in [0.29, 0.717) is 0 Å². The summed E-state index contributed by atoms with van der Waals surface area (Å²) >= 11 is 0. The van der Waals surface area contributed by atoms with Crippen LogP contribution < -0.4 is 16.4 Å². The summed E-state index contributed by atoms with van der Waals surface area (Å²) in [5.41, 5.74) is -14.6. The summed E-state index contributed by atoms with van der Waals surface area (Å²) in [6.45, 7) is -0.429. The third-order valence-electron chi connectivity index (χ3n) is 8.09. The van der Waals surface area contributed by atoms with Gasteiger partial charge in [-0.2, -0.15) is 12.3 Å². The van der Waals surface area contributed by atoms with Crippen LogP contribution in [0.2, 0.25) is 6.82 Å². The van der Waals surface area contributed by atoms with Gasteiger partial charge >= 0.3 is 26.2 Å². The van der Waals surface area contributed by atoms with Crippen molar-refractivity contribution in [3.05, 3.63) is 182 Å². The molecule has 0 N–H and O–H groups in total. The summed E-state index contributed by atoms with van der Waals surface area (Å²) in [5, 5.41) is 0. The molecule has 6 rings (SSSR count). The summed E-state index contributed by atoms with van der Waals surface area (Å²) < 4.78 is 277. The predicted octanol–water partition coefficient (Wildman–Crippen LogP) is 9.59. The minimum Gasteiger partial charge on any atom is -0.358 e. The fourth-order valence-corrected chi connectivity index (χ4v) is 5.59. The molecule has 57 heavy (non-hydrogen) atoms. The van der Waals surface area contributed by atoms with Crippen molar-refractivity contribution >= 4 is 22.5 Å². The maximum absolute atomic E-state index is 15.6. The molecule has 0 nitrogen and oxygen atoms in total. The van der Waals surface area contributed by atoms with Crippen LogP contribution in [0.3, 0.4) is 0 Å². The van der Waals surface area contributed by atoms with Crippen LogP contribution in [0.25, 0.3) is 11.1 Å². The molecule has 10 radical (unpaired) electrons. The Bertz CT molecular complexity index is 1970. The predicted molar refractivity (Wildman–Crippen MR) is 164 cm³/mol. The van der Waals surface area contributed by atoms with Gasteiger partial charge in [0, 0.05) is 0 Å². The van der Waals surface area contributed by atoms with Gasteiger partial charge in [-0.15, -0.1) is 10.9 Å². The molecule has 0 spiro atoms. The maximum atomic E-state index is 15.6. The Morgan fingerprint density at radius 3 is 0.632 bits per heavy atom. The zero-order chi connectivity index (χ0) is 41.4. The Morgan fingerprint density at radius 2 is 0.404 bits per heavy atom. The molecule has 0 amide bonds. The third kappa shape index (κ3) is 8.64. The van der Waals surface area contributed by atoms with Crippen LogP contribution in [0.15, 0.2) is 0 Å². The zero-order valence-corrected chi connectivity index (χ0v) is 30.5. The molecule has 0 heterocycles. The second-order valence-electron chi connectivity index (χ2n) is 11.2. The van der Waals surface area contributed by atoms with E-state index in [0.717, 1.165) is 0 Å². The number of hydrogen-bond donors (Lipinski definition) is 0. The van der Waals surface area contributed by atoms with Crippen molar-refractivity contribution in [2.75, 3.05) is 0 Å². The molecule has 0 unspecified atom stereocenters. The van der Waals surface area contributed by atoms with Crippen molar-refractivity contribution in [2.24, 2.45) is 0 Å². The van der Waals surface area contributed by atoms with Gasteiger partial charge in [0.25, 0.3) is 0 Å². The van der Waals surface area contributed by atoms with Crippen molar-refractivity contribution in [3.63, 3.8) is 0 Å². The first-order chi connectivity index (χ1) is 25.7. The van der Waals surface area contributed by atoms with E-state index in [4.69, 9.17) is 0 Å². The quantitative estimate of drug-likeness (QED) is 0.0630. The molecular formula is C36H16BF19Zr+2. The molecule has 2 fully saturated rings. The maximum Gasteiger partial charge on any atom is 4.00 e. The largest absolute Gasteiger partial charge is 4.00 e. The van der Waals surface area contributed by atoms with Crippen LogP contribution in [-0.2, 0) is 26.2 Å². The van der Waals surface area contributed by atoms with Crippen LogP contribution in [0, 0.1) is 182 Å². The molecule has 2 aliphatic carbocycles. The van der Waals surface area contributed by atoms with Gasteiger partial charge in [-0.25, -0.2) is 83.4 Å². The Balaban J connectivity index is 0.000000811. The van der Waals surface area contributed by atoms with Gasteiger partial charge in [-0.1, -0.05) is 0 Å². The smallest absolute Gasteiger partial charge is 0.358 e. The second-order valence-corrected chi connectivity index (χ2v) is 11.2. The van der Waals surface area contributed by atoms with Crippen LogP contribution in [0.1, 0.15) is 0 Å². The molecule has 4 aromatic carbocycles. The Labute approximate surface area is 331 Å². The standard InChI is InChI=1S/C25H3BF19.2C5H5.CH3.Zr/c1-26(5-11(31)19(39)24(44)20(40)12(5)32,6-13(33)21(41)25(45)22(42)14(6)34)4-2(7(27)15(35)18(38)10(4)30)3-8(28)16(36)23(43)17(37)9(3)29;2*1-2-4-5-3-1;;/h1H3;2*1-5H;1H3;/q-1;;;-1;+4. The molecular weight excluding hydrogens is 895 g/mol. The normalized spacial score (nSPS) is 13.7. The van der Waals surface area contributed by atoms with Crippen molar-refractivity contribution in [3.8, 4) is 11.1 Å². The molecule has 21 heteroatoms. The van der Waals surface area contributed by atoms with Crippen molar-refractivity contribution in [2.45, 2.75) is 6.82 Å². The van der Waals surface area contributed by atoms with Crippen LogP contribution in [-0.4, -0.2) is 6.15 Å². The van der Waals surface area contributed by atoms with Crippen LogP contribution >= 0.6 is 0 Å². The zero-order valence-electron chi connectivity index (χ0n) is 28.0. The number of benzene rings is 4.